The fourth-order valence-electron chi connectivity index (χ4n) is 2.69. The van der Waals surface area contributed by atoms with Gasteiger partial charge < -0.3 is 4.98 Å². The van der Waals surface area contributed by atoms with Crippen LogP contribution in [0.2, 0.25) is 0 Å². The van der Waals surface area contributed by atoms with Crippen LogP contribution in [0.4, 0.5) is 0 Å². The van der Waals surface area contributed by atoms with Crippen molar-refractivity contribution in [1.29, 1.82) is 0 Å². The molecule has 118 valence electrons. The zero-order valence-electron chi connectivity index (χ0n) is 14.1. The highest BCUT2D eigenvalue weighted by atomic mass is 31.1. The first-order chi connectivity index (χ1) is 11.0. The van der Waals surface area contributed by atoms with Crippen molar-refractivity contribution in [2.24, 2.45) is 0 Å². The zero-order valence-corrected chi connectivity index (χ0v) is 15.0. The van der Waals surface area contributed by atoms with E-state index in [1.165, 1.54) is 22.0 Å². The minimum atomic E-state index is -0.381. The molecular formula is C21H24NP. The summed E-state index contributed by atoms with van der Waals surface area (Å²) in [4.78, 5) is 3.64. The van der Waals surface area contributed by atoms with Crippen molar-refractivity contribution in [3.05, 3.63) is 84.2 Å². The summed E-state index contributed by atoms with van der Waals surface area (Å²) in [5, 5.41) is 2.86. The molecule has 0 atom stereocenters. The Labute approximate surface area is 140 Å². The minimum absolute atomic E-state index is 0.167. The van der Waals surface area contributed by atoms with E-state index < -0.39 is 0 Å². The Bertz CT molecular complexity index is 699. The molecule has 0 bridgehead atoms. The molecule has 0 saturated heterocycles. The number of H-pyrrole nitrogens is 1. The molecular weight excluding hydrogens is 297 g/mol. The molecule has 23 heavy (non-hydrogen) atoms. The molecule has 3 rings (SSSR count). The van der Waals surface area contributed by atoms with Gasteiger partial charge in [-0.2, -0.15) is 0 Å². The standard InChI is InChI=1S/C21H24NP/c1-21(2,3)20-15-14-17(22-20)16-23(18-10-6-4-7-11-18)19-12-8-5-9-13-19/h4-15,22H,16H2,1-3H3. The van der Waals surface area contributed by atoms with Crippen LogP contribution in [0.15, 0.2) is 72.8 Å². The maximum atomic E-state index is 3.64. The third-order valence-corrected chi connectivity index (χ3v) is 6.52. The van der Waals surface area contributed by atoms with E-state index in [1.807, 2.05) is 0 Å². The summed E-state index contributed by atoms with van der Waals surface area (Å²) in [6.45, 7) is 6.75. The average Bonchev–Trinajstić information content (AvgIpc) is 3.03. The SMILES string of the molecule is CC(C)(C)c1ccc(CP(c2ccccc2)c2ccccc2)[nH]1. The molecule has 0 aliphatic rings. The van der Waals surface area contributed by atoms with E-state index in [4.69, 9.17) is 0 Å². The van der Waals surface area contributed by atoms with E-state index >= 15 is 0 Å². The van der Waals surface area contributed by atoms with Gasteiger partial charge in [-0.05, 0) is 30.7 Å². The molecule has 3 aromatic rings. The van der Waals surface area contributed by atoms with Crippen molar-refractivity contribution >= 4 is 18.5 Å². The lowest BCUT2D eigenvalue weighted by Crippen LogP contribution is -2.14. The van der Waals surface area contributed by atoms with Crippen LogP contribution in [0.5, 0.6) is 0 Å². The van der Waals surface area contributed by atoms with Crippen LogP contribution in [0.3, 0.4) is 0 Å². The van der Waals surface area contributed by atoms with Crippen LogP contribution in [0.25, 0.3) is 0 Å². The summed E-state index contributed by atoms with van der Waals surface area (Å²) >= 11 is 0. The molecule has 2 heteroatoms. The first-order valence-corrected chi connectivity index (χ1v) is 9.63. The molecule has 1 N–H and O–H groups in total. The van der Waals surface area contributed by atoms with E-state index in [0.717, 1.165) is 6.16 Å². The molecule has 1 nitrogen and oxygen atoms in total. The van der Waals surface area contributed by atoms with E-state index in [9.17, 15) is 0 Å². The number of rotatable bonds is 4. The lowest BCUT2D eigenvalue weighted by atomic mass is 9.93. The van der Waals surface area contributed by atoms with Crippen LogP contribution in [0.1, 0.15) is 32.2 Å². The second-order valence-electron chi connectivity index (χ2n) is 6.90. The Morgan fingerprint density at radius 2 is 1.26 bits per heavy atom. The lowest BCUT2D eigenvalue weighted by Gasteiger charge is -2.19. The van der Waals surface area contributed by atoms with Crippen LogP contribution in [-0.4, -0.2) is 4.98 Å². The van der Waals surface area contributed by atoms with Crippen LogP contribution in [-0.2, 0) is 11.6 Å². The molecule has 0 unspecified atom stereocenters. The smallest absolute Gasteiger partial charge is 0.0203 e. The third kappa shape index (κ3) is 3.92. The molecule has 2 aromatic carbocycles. The Morgan fingerprint density at radius 3 is 1.70 bits per heavy atom. The highest BCUT2D eigenvalue weighted by Gasteiger charge is 2.18. The summed E-state index contributed by atoms with van der Waals surface area (Å²) in [6.07, 6.45) is 1.06. The van der Waals surface area contributed by atoms with Gasteiger partial charge in [0.1, 0.15) is 0 Å². The third-order valence-electron chi connectivity index (χ3n) is 4.02. The molecule has 1 aromatic heterocycles. The van der Waals surface area contributed by atoms with Crippen molar-refractivity contribution in [2.45, 2.75) is 32.3 Å². The maximum absolute atomic E-state index is 3.64. The topological polar surface area (TPSA) is 15.8 Å². The fourth-order valence-corrected chi connectivity index (χ4v) is 4.94. The van der Waals surface area contributed by atoms with Gasteiger partial charge in [-0.25, -0.2) is 0 Å². The molecule has 0 spiro atoms. The van der Waals surface area contributed by atoms with Crippen LogP contribution < -0.4 is 10.6 Å². The van der Waals surface area contributed by atoms with Crippen molar-refractivity contribution in [3.8, 4) is 0 Å². The van der Waals surface area contributed by atoms with E-state index in [1.54, 1.807) is 0 Å². The maximum Gasteiger partial charge on any atom is 0.0203 e. The summed E-state index contributed by atoms with van der Waals surface area (Å²) in [5.74, 6) is 0. The number of aromatic amines is 1. The van der Waals surface area contributed by atoms with Crippen LogP contribution in [0, 0.1) is 0 Å². The number of hydrogen-bond donors (Lipinski definition) is 1. The molecule has 0 fully saturated rings. The number of benzene rings is 2. The summed E-state index contributed by atoms with van der Waals surface area (Å²) in [5.41, 5.74) is 2.80. The summed E-state index contributed by atoms with van der Waals surface area (Å²) in [6, 6.07) is 26.3. The van der Waals surface area contributed by atoms with Crippen molar-refractivity contribution in [1.82, 2.24) is 4.98 Å². The zero-order chi connectivity index (χ0) is 16.3. The lowest BCUT2D eigenvalue weighted by molar-refractivity contribution is 0.571. The molecule has 0 saturated carbocycles. The monoisotopic (exact) mass is 321 g/mol. The van der Waals surface area contributed by atoms with Crippen molar-refractivity contribution in [3.63, 3.8) is 0 Å². The normalized spacial score (nSPS) is 11.8. The Balaban J connectivity index is 1.92. The molecule has 1 heterocycles. The van der Waals surface area contributed by atoms with Gasteiger partial charge in [-0.15, -0.1) is 0 Å². The highest BCUT2D eigenvalue weighted by molar-refractivity contribution is 7.72. The summed E-state index contributed by atoms with van der Waals surface area (Å²) < 4.78 is 0. The Kier molecular flexibility index (Phi) is 4.68. The van der Waals surface area contributed by atoms with Gasteiger partial charge in [-0.3, -0.25) is 0 Å². The molecule has 0 aliphatic carbocycles. The molecule has 0 amide bonds. The molecule has 0 aliphatic heterocycles. The number of hydrogen-bond acceptors (Lipinski definition) is 0. The number of nitrogens with one attached hydrogen (secondary N) is 1. The second kappa shape index (κ2) is 6.72. The Morgan fingerprint density at radius 1 is 0.739 bits per heavy atom. The van der Waals surface area contributed by atoms with Crippen LogP contribution >= 0.6 is 7.92 Å². The van der Waals surface area contributed by atoms with Gasteiger partial charge in [0.05, 0.1) is 0 Å². The highest BCUT2D eigenvalue weighted by Crippen LogP contribution is 2.38. The average molecular weight is 321 g/mol. The van der Waals surface area contributed by atoms with Crippen molar-refractivity contribution < 1.29 is 0 Å². The number of aromatic nitrogens is 1. The fraction of sp³-hybridized carbons (Fsp3) is 0.238. The van der Waals surface area contributed by atoms with Gasteiger partial charge in [0, 0.05) is 23.0 Å². The second-order valence-corrected chi connectivity index (χ2v) is 9.11. The van der Waals surface area contributed by atoms with Gasteiger partial charge in [-0.1, -0.05) is 81.4 Å². The van der Waals surface area contributed by atoms with E-state index in [2.05, 4.69) is 98.6 Å². The molecule has 0 radical (unpaired) electrons. The first-order valence-electron chi connectivity index (χ1n) is 8.10. The predicted octanol–water partition coefficient (Wildman–Crippen LogP) is 4.95. The van der Waals surface area contributed by atoms with E-state index in [-0.39, 0.29) is 13.3 Å². The quantitative estimate of drug-likeness (QED) is 0.655. The van der Waals surface area contributed by atoms with Gasteiger partial charge in [0.2, 0.25) is 0 Å². The van der Waals surface area contributed by atoms with Crippen molar-refractivity contribution in [2.75, 3.05) is 0 Å². The van der Waals surface area contributed by atoms with E-state index in [0.29, 0.717) is 0 Å². The van der Waals surface area contributed by atoms with Gasteiger partial charge >= 0.3 is 0 Å². The first kappa shape index (κ1) is 16.0. The van der Waals surface area contributed by atoms with Gasteiger partial charge in [0.25, 0.3) is 0 Å². The largest absolute Gasteiger partial charge is 0.362 e. The predicted molar refractivity (Wildman–Crippen MR) is 102 cm³/mol. The minimum Gasteiger partial charge on any atom is -0.362 e. The Hall–Kier alpha value is -1.85. The summed E-state index contributed by atoms with van der Waals surface area (Å²) in [7, 11) is -0.381. The van der Waals surface area contributed by atoms with Gasteiger partial charge in [0.15, 0.2) is 0 Å².